The molecule has 0 unspecified atom stereocenters. The Morgan fingerprint density at radius 2 is 1.89 bits per heavy atom. The Bertz CT molecular complexity index is 1020. The molecular weight excluding hydrogens is 372 g/mol. The minimum atomic E-state index is -0.495. The Kier molecular flexibility index (Phi) is 5.66. The van der Waals surface area contributed by atoms with Crippen LogP contribution in [0.15, 0.2) is 51.9 Å². The summed E-state index contributed by atoms with van der Waals surface area (Å²) in [4.78, 5) is 24.1. The summed E-state index contributed by atoms with van der Waals surface area (Å²) in [6.07, 6.45) is 1.85. The van der Waals surface area contributed by atoms with Crippen molar-refractivity contribution in [2.24, 2.45) is 0 Å². The third-order valence-corrected chi connectivity index (χ3v) is 4.17. The minimum absolute atomic E-state index is 0.0649. The zero-order valence-corrected chi connectivity index (χ0v) is 15.5. The molecule has 0 spiro atoms. The first-order chi connectivity index (χ1) is 13.0. The predicted octanol–water partition coefficient (Wildman–Crippen LogP) is 4.35. The monoisotopic (exact) mass is 388 g/mol. The van der Waals surface area contributed by atoms with Gasteiger partial charge in [-0.3, -0.25) is 4.79 Å². The van der Waals surface area contributed by atoms with Crippen molar-refractivity contribution in [2.75, 3.05) is 13.7 Å². The first kappa shape index (κ1) is 18.8. The van der Waals surface area contributed by atoms with Crippen LogP contribution >= 0.6 is 11.6 Å². The van der Waals surface area contributed by atoms with Gasteiger partial charge in [0.2, 0.25) is 11.2 Å². The van der Waals surface area contributed by atoms with Crippen molar-refractivity contribution >= 4 is 28.5 Å². The number of hydrogen-bond acceptors (Lipinski definition) is 6. The molecule has 6 nitrogen and oxygen atoms in total. The number of carbonyl (C=O) groups is 1. The number of ether oxygens (including phenoxy) is 3. The Balaban J connectivity index is 1.96. The standard InChI is InChI=1S/C20H17ClO6/c1-3-12-8-15-17(9-16(12)26-11-19(22)24-2)25-10-18(20(15)23)27-14-6-4-13(21)5-7-14/h4-10H,3,11H2,1-2H3. The second kappa shape index (κ2) is 8.14. The van der Waals surface area contributed by atoms with Gasteiger partial charge in [-0.15, -0.1) is 0 Å². The lowest BCUT2D eigenvalue weighted by molar-refractivity contribution is -0.142. The summed E-state index contributed by atoms with van der Waals surface area (Å²) in [5.41, 5.74) is 0.795. The van der Waals surface area contributed by atoms with Crippen LogP contribution in [0.2, 0.25) is 5.02 Å². The number of fused-ring (bicyclic) bond motifs is 1. The minimum Gasteiger partial charge on any atom is -0.481 e. The van der Waals surface area contributed by atoms with E-state index in [4.69, 9.17) is 25.5 Å². The molecule has 140 valence electrons. The van der Waals surface area contributed by atoms with E-state index in [1.807, 2.05) is 6.92 Å². The molecule has 3 aromatic rings. The summed E-state index contributed by atoms with van der Waals surface area (Å²) < 4.78 is 21.2. The molecule has 0 N–H and O–H groups in total. The zero-order chi connectivity index (χ0) is 19.4. The van der Waals surface area contributed by atoms with Crippen LogP contribution in [0.5, 0.6) is 17.2 Å². The van der Waals surface area contributed by atoms with Gasteiger partial charge in [-0.1, -0.05) is 18.5 Å². The molecule has 0 fully saturated rings. The van der Waals surface area contributed by atoms with Crippen molar-refractivity contribution in [1.29, 1.82) is 0 Å². The summed E-state index contributed by atoms with van der Waals surface area (Å²) in [6, 6.07) is 9.92. The van der Waals surface area contributed by atoms with Crippen LogP contribution in [0.1, 0.15) is 12.5 Å². The number of rotatable bonds is 6. The molecule has 0 bridgehead atoms. The topological polar surface area (TPSA) is 75.0 Å². The van der Waals surface area contributed by atoms with Crippen LogP contribution in [0.4, 0.5) is 0 Å². The number of methoxy groups -OCH3 is 1. The summed E-state index contributed by atoms with van der Waals surface area (Å²) in [5.74, 6) is 0.505. The third kappa shape index (κ3) is 4.23. The van der Waals surface area contributed by atoms with Gasteiger partial charge < -0.3 is 18.6 Å². The highest BCUT2D eigenvalue weighted by molar-refractivity contribution is 6.30. The van der Waals surface area contributed by atoms with E-state index in [0.29, 0.717) is 33.9 Å². The number of halogens is 1. The molecule has 7 heteroatoms. The van der Waals surface area contributed by atoms with Gasteiger partial charge in [0, 0.05) is 11.1 Å². The molecule has 1 heterocycles. The van der Waals surface area contributed by atoms with Crippen molar-refractivity contribution < 1.29 is 23.4 Å². The summed E-state index contributed by atoms with van der Waals surface area (Å²) in [5, 5.41) is 0.934. The second-order valence-corrected chi connectivity index (χ2v) is 6.10. The van der Waals surface area contributed by atoms with Crippen molar-refractivity contribution in [2.45, 2.75) is 13.3 Å². The van der Waals surface area contributed by atoms with Crippen molar-refractivity contribution in [3.8, 4) is 17.2 Å². The molecule has 2 aromatic carbocycles. The molecule has 1 aromatic heterocycles. The predicted molar refractivity (Wildman–Crippen MR) is 101 cm³/mol. The average molecular weight is 389 g/mol. The van der Waals surface area contributed by atoms with E-state index in [0.717, 1.165) is 5.56 Å². The molecular formula is C20H17ClO6. The molecule has 0 atom stereocenters. The molecule has 0 aliphatic heterocycles. The van der Waals surface area contributed by atoms with Gasteiger partial charge in [-0.2, -0.15) is 0 Å². The Hall–Kier alpha value is -2.99. The van der Waals surface area contributed by atoms with Gasteiger partial charge in [0.1, 0.15) is 23.3 Å². The zero-order valence-electron chi connectivity index (χ0n) is 14.8. The fourth-order valence-electron chi connectivity index (χ4n) is 2.49. The lowest BCUT2D eigenvalue weighted by Crippen LogP contribution is -2.13. The average Bonchev–Trinajstić information content (AvgIpc) is 2.69. The van der Waals surface area contributed by atoms with Gasteiger partial charge in [-0.05, 0) is 42.3 Å². The number of esters is 1. The molecule has 0 aliphatic carbocycles. The van der Waals surface area contributed by atoms with E-state index in [-0.39, 0.29) is 17.8 Å². The molecule has 27 heavy (non-hydrogen) atoms. The van der Waals surface area contributed by atoms with Crippen molar-refractivity contribution in [1.82, 2.24) is 0 Å². The Morgan fingerprint density at radius 1 is 1.15 bits per heavy atom. The lowest BCUT2D eigenvalue weighted by atomic mass is 10.1. The highest BCUT2D eigenvalue weighted by Gasteiger charge is 2.14. The van der Waals surface area contributed by atoms with Crippen LogP contribution in [0.25, 0.3) is 11.0 Å². The summed E-state index contributed by atoms with van der Waals surface area (Å²) >= 11 is 5.85. The molecule has 0 saturated heterocycles. The van der Waals surface area contributed by atoms with Crippen molar-refractivity contribution in [3.63, 3.8) is 0 Å². The van der Waals surface area contributed by atoms with Crippen LogP contribution in [0.3, 0.4) is 0 Å². The fraction of sp³-hybridized carbons (Fsp3) is 0.200. The normalized spacial score (nSPS) is 10.6. The highest BCUT2D eigenvalue weighted by Crippen LogP contribution is 2.28. The maximum atomic E-state index is 12.8. The van der Waals surface area contributed by atoms with Gasteiger partial charge in [0.15, 0.2) is 6.61 Å². The molecule has 0 saturated carbocycles. The van der Waals surface area contributed by atoms with Crippen LogP contribution in [-0.2, 0) is 16.0 Å². The largest absolute Gasteiger partial charge is 0.481 e. The Morgan fingerprint density at radius 3 is 2.56 bits per heavy atom. The third-order valence-electron chi connectivity index (χ3n) is 3.92. The molecule has 3 rings (SSSR count). The van der Waals surface area contributed by atoms with Gasteiger partial charge in [0.05, 0.1) is 12.5 Å². The number of benzene rings is 2. The maximum absolute atomic E-state index is 12.8. The van der Waals surface area contributed by atoms with Crippen LogP contribution in [0, 0.1) is 0 Å². The Labute approximate surface area is 160 Å². The van der Waals surface area contributed by atoms with E-state index < -0.39 is 5.97 Å². The quantitative estimate of drug-likeness (QED) is 0.584. The first-order valence-corrected chi connectivity index (χ1v) is 8.61. The molecule has 0 amide bonds. The number of carbonyl (C=O) groups excluding carboxylic acids is 1. The summed E-state index contributed by atoms with van der Waals surface area (Å²) in [7, 11) is 1.29. The van der Waals surface area contributed by atoms with Crippen LogP contribution < -0.4 is 14.9 Å². The van der Waals surface area contributed by atoms with E-state index in [1.165, 1.54) is 13.4 Å². The lowest BCUT2D eigenvalue weighted by Gasteiger charge is -2.11. The fourth-order valence-corrected chi connectivity index (χ4v) is 2.62. The van der Waals surface area contributed by atoms with E-state index in [9.17, 15) is 9.59 Å². The first-order valence-electron chi connectivity index (χ1n) is 8.23. The van der Waals surface area contributed by atoms with Gasteiger partial charge in [0.25, 0.3) is 0 Å². The highest BCUT2D eigenvalue weighted by atomic mass is 35.5. The van der Waals surface area contributed by atoms with Gasteiger partial charge in [-0.25, -0.2) is 4.79 Å². The second-order valence-electron chi connectivity index (χ2n) is 5.66. The molecule has 0 aliphatic rings. The SMILES string of the molecule is CCc1cc2c(=O)c(Oc3ccc(Cl)cc3)coc2cc1OCC(=O)OC. The van der Waals surface area contributed by atoms with E-state index in [2.05, 4.69) is 4.74 Å². The maximum Gasteiger partial charge on any atom is 0.343 e. The molecule has 0 radical (unpaired) electrons. The summed E-state index contributed by atoms with van der Waals surface area (Å²) in [6.45, 7) is 1.69. The van der Waals surface area contributed by atoms with E-state index >= 15 is 0 Å². The number of hydrogen-bond donors (Lipinski definition) is 0. The van der Waals surface area contributed by atoms with Crippen LogP contribution in [-0.4, -0.2) is 19.7 Å². The number of aryl methyl sites for hydroxylation is 1. The smallest absolute Gasteiger partial charge is 0.343 e. The van der Waals surface area contributed by atoms with Crippen molar-refractivity contribution in [3.05, 3.63) is 63.5 Å². The van der Waals surface area contributed by atoms with E-state index in [1.54, 1.807) is 36.4 Å². The van der Waals surface area contributed by atoms with Gasteiger partial charge >= 0.3 is 5.97 Å².